The number of anilines is 2. The third-order valence-corrected chi connectivity index (χ3v) is 3.29. The molecule has 1 aromatic rings. The summed E-state index contributed by atoms with van der Waals surface area (Å²) < 4.78 is 16.0. The fraction of sp³-hybridized carbons (Fsp3) is 0.471. The van der Waals surface area contributed by atoms with Crippen molar-refractivity contribution in [3.8, 4) is 0 Å². The van der Waals surface area contributed by atoms with E-state index in [4.69, 9.17) is 14.2 Å². The van der Waals surface area contributed by atoms with Gasteiger partial charge in [0.1, 0.15) is 0 Å². The lowest BCUT2D eigenvalue weighted by atomic mass is 10.2. The zero-order valence-electron chi connectivity index (χ0n) is 15.3. The van der Waals surface area contributed by atoms with Gasteiger partial charge in [-0.15, -0.1) is 0 Å². The molecule has 0 heterocycles. The van der Waals surface area contributed by atoms with Gasteiger partial charge >= 0.3 is 11.9 Å². The van der Waals surface area contributed by atoms with Gasteiger partial charge in [0.15, 0.2) is 6.23 Å². The van der Waals surface area contributed by atoms with Crippen molar-refractivity contribution in [2.75, 3.05) is 17.3 Å². The Morgan fingerprint density at radius 1 is 1.16 bits per heavy atom. The van der Waals surface area contributed by atoms with Gasteiger partial charge in [-0.2, -0.15) is 0 Å². The molecule has 1 aromatic carbocycles. The maximum atomic E-state index is 11.5. The zero-order chi connectivity index (χ0) is 19.2. The van der Waals surface area contributed by atoms with Crippen LogP contribution in [0.5, 0.6) is 0 Å². The van der Waals surface area contributed by atoms with Crippen LogP contribution in [0, 0.1) is 0 Å². The Bertz CT molecular complexity index is 648. The standard InChI is InChI=1S/C17H24N2O6/c1-11(20)18-15-8-7-9-16(10-15)19(12(2)24-13(3)21)17(5,23-6)25-14(4)22/h7-10,12H,1-6H3,(H,18,20). The van der Waals surface area contributed by atoms with Crippen LogP contribution in [-0.2, 0) is 28.6 Å². The molecule has 0 aromatic heterocycles. The highest BCUT2D eigenvalue weighted by molar-refractivity contribution is 5.89. The first-order chi connectivity index (χ1) is 11.6. The van der Waals surface area contributed by atoms with Crippen molar-refractivity contribution >= 4 is 29.2 Å². The lowest BCUT2D eigenvalue weighted by Gasteiger charge is -2.42. The molecule has 2 atom stereocenters. The number of esters is 2. The molecule has 0 aliphatic carbocycles. The molecule has 138 valence electrons. The largest absolute Gasteiger partial charge is 0.442 e. The first-order valence-electron chi connectivity index (χ1n) is 7.68. The van der Waals surface area contributed by atoms with Crippen LogP contribution in [0.25, 0.3) is 0 Å². The van der Waals surface area contributed by atoms with E-state index >= 15 is 0 Å². The first-order valence-corrected chi connectivity index (χ1v) is 7.68. The summed E-state index contributed by atoms with van der Waals surface area (Å²) in [6.45, 7) is 7.06. The molecule has 1 rings (SSSR count). The van der Waals surface area contributed by atoms with Crippen molar-refractivity contribution in [2.45, 2.75) is 46.8 Å². The number of amides is 1. The molecule has 2 unspecified atom stereocenters. The molecule has 0 spiro atoms. The minimum atomic E-state index is -1.53. The van der Waals surface area contributed by atoms with Crippen LogP contribution >= 0.6 is 0 Å². The molecule has 25 heavy (non-hydrogen) atoms. The van der Waals surface area contributed by atoms with E-state index in [2.05, 4.69) is 5.32 Å². The van der Waals surface area contributed by atoms with E-state index in [-0.39, 0.29) is 5.91 Å². The Hall–Kier alpha value is -2.61. The molecule has 0 aliphatic heterocycles. The number of hydrogen-bond donors (Lipinski definition) is 1. The predicted octanol–water partition coefficient (Wildman–Crippen LogP) is 2.24. The summed E-state index contributed by atoms with van der Waals surface area (Å²) in [5.74, 6) is -2.83. The van der Waals surface area contributed by atoms with E-state index in [1.165, 1.54) is 39.7 Å². The normalized spacial score (nSPS) is 14.0. The number of hydrogen-bond acceptors (Lipinski definition) is 7. The summed E-state index contributed by atoms with van der Waals surface area (Å²) in [4.78, 5) is 35.7. The quantitative estimate of drug-likeness (QED) is 0.594. The number of nitrogens with one attached hydrogen (secondary N) is 1. The summed E-state index contributed by atoms with van der Waals surface area (Å²) in [6.07, 6.45) is -0.811. The predicted molar refractivity (Wildman–Crippen MR) is 91.6 cm³/mol. The fourth-order valence-electron chi connectivity index (χ4n) is 2.46. The number of rotatable bonds is 7. The second-order valence-corrected chi connectivity index (χ2v) is 5.51. The van der Waals surface area contributed by atoms with E-state index in [1.807, 2.05) is 0 Å². The van der Waals surface area contributed by atoms with Crippen molar-refractivity contribution < 1.29 is 28.6 Å². The third kappa shape index (κ3) is 5.75. The highest BCUT2D eigenvalue weighted by atomic mass is 16.7. The maximum absolute atomic E-state index is 11.5. The fourth-order valence-corrected chi connectivity index (χ4v) is 2.46. The summed E-state index contributed by atoms with van der Waals surface area (Å²) >= 11 is 0. The smallest absolute Gasteiger partial charge is 0.306 e. The monoisotopic (exact) mass is 352 g/mol. The van der Waals surface area contributed by atoms with Gasteiger partial charge in [-0.05, 0) is 25.1 Å². The van der Waals surface area contributed by atoms with Crippen LogP contribution in [0.3, 0.4) is 0 Å². The minimum Gasteiger partial charge on any atom is -0.442 e. The molecule has 0 saturated carbocycles. The number of benzene rings is 1. The molecule has 0 aliphatic rings. The zero-order valence-corrected chi connectivity index (χ0v) is 15.3. The van der Waals surface area contributed by atoms with Gasteiger partial charge in [0, 0.05) is 46.2 Å². The molecular weight excluding hydrogens is 328 g/mol. The topological polar surface area (TPSA) is 94.2 Å². The van der Waals surface area contributed by atoms with Crippen LogP contribution in [0.4, 0.5) is 11.4 Å². The van der Waals surface area contributed by atoms with Crippen molar-refractivity contribution in [3.05, 3.63) is 24.3 Å². The molecule has 8 nitrogen and oxygen atoms in total. The SMILES string of the molecule is COC(C)(OC(C)=O)N(c1cccc(NC(C)=O)c1)C(C)OC(C)=O. The van der Waals surface area contributed by atoms with E-state index in [0.717, 1.165) is 0 Å². The van der Waals surface area contributed by atoms with Crippen LogP contribution in [0.2, 0.25) is 0 Å². The Balaban J connectivity index is 3.37. The Morgan fingerprint density at radius 2 is 1.80 bits per heavy atom. The lowest BCUT2D eigenvalue weighted by Crippen LogP contribution is -2.56. The second-order valence-electron chi connectivity index (χ2n) is 5.51. The average Bonchev–Trinajstić information content (AvgIpc) is 2.45. The Kier molecular flexibility index (Phi) is 6.93. The summed E-state index contributed by atoms with van der Waals surface area (Å²) in [6, 6.07) is 6.78. The van der Waals surface area contributed by atoms with Crippen molar-refractivity contribution in [1.29, 1.82) is 0 Å². The molecule has 0 saturated heterocycles. The van der Waals surface area contributed by atoms with E-state index in [9.17, 15) is 14.4 Å². The van der Waals surface area contributed by atoms with E-state index < -0.39 is 24.1 Å². The molecule has 8 heteroatoms. The minimum absolute atomic E-state index is 0.230. The molecule has 0 fully saturated rings. The number of methoxy groups -OCH3 is 1. The Labute approximate surface area is 147 Å². The van der Waals surface area contributed by atoms with Gasteiger partial charge in [0.2, 0.25) is 5.91 Å². The van der Waals surface area contributed by atoms with Gasteiger partial charge in [-0.3, -0.25) is 19.3 Å². The number of ether oxygens (including phenoxy) is 3. The van der Waals surface area contributed by atoms with Crippen molar-refractivity contribution in [2.24, 2.45) is 0 Å². The van der Waals surface area contributed by atoms with Crippen LogP contribution < -0.4 is 10.2 Å². The third-order valence-electron chi connectivity index (χ3n) is 3.29. The van der Waals surface area contributed by atoms with Crippen LogP contribution in [0.15, 0.2) is 24.3 Å². The average molecular weight is 352 g/mol. The maximum Gasteiger partial charge on any atom is 0.306 e. The van der Waals surface area contributed by atoms with Gasteiger partial charge in [-0.1, -0.05) is 6.07 Å². The number of carbonyl (C=O) groups excluding carboxylic acids is 3. The molecular formula is C17H24N2O6. The van der Waals surface area contributed by atoms with Crippen LogP contribution in [0.1, 0.15) is 34.6 Å². The van der Waals surface area contributed by atoms with Crippen LogP contribution in [-0.4, -0.2) is 37.1 Å². The van der Waals surface area contributed by atoms with Crippen molar-refractivity contribution in [3.63, 3.8) is 0 Å². The van der Waals surface area contributed by atoms with Gasteiger partial charge in [0.25, 0.3) is 5.91 Å². The van der Waals surface area contributed by atoms with E-state index in [0.29, 0.717) is 11.4 Å². The summed E-state index contributed by atoms with van der Waals surface area (Å²) in [5, 5.41) is 2.67. The first kappa shape index (κ1) is 20.4. The van der Waals surface area contributed by atoms with Crippen molar-refractivity contribution in [1.82, 2.24) is 0 Å². The molecule has 0 radical (unpaired) electrons. The molecule has 1 N–H and O–H groups in total. The van der Waals surface area contributed by atoms with Gasteiger partial charge in [0.05, 0.1) is 0 Å². The van der Waals surface area contributed by atoms with Gasteiger partial charge < -0.3 is 19.5 Å². The second kappa shape index (κ2) is 8.48. The highest BCUT2D eigenvalue weighted by Gasteiger charge is 2.40. The number of carbonyl (C=O) groups is 3. The van der Waals surface area contributed by atoms with Gasteiger partial charge in [-0.25, -0.2) is 0 Å². The lowest BCUT2D eigenvalue weighted by molar-refractivity contribution is -0.220. The highest BCUT2D eigenvalue weighted by Crippen LogP contribution is 2.31. The Morgan fingerprint density at radius 3 is 2.28 bits per heavy atom. The summed E-state index contributed by atoms with van der Waals surface area (Å²) in [7, 11) is 1.37. The molecule has 1 amide bonds. The number of nitrogens with zero attached hydrogens (tertiary/aromatic N) is 1. The summed E-state index contributed by atoms with van der Waals surface area (Å²) in [5.41, 5.74) is 1.05. The van der Waals surface area contributed by atoms with E-state index in [1.54, 1.807) is 31.2 Å². The molecule has 0 bridgehead atoms.